The average Bonchev–Trinajstić information content (AvgIpc) is 3.11. The smallest absolute Gasteiger partial charge is 0.293 e. The first-order chi connectivity index (χ1) is 10.2. The Morgan fingerprint density at radius 2 is 2.05 bits per heavy atom. The third kappa shape index (κ3) is 3.20. The third-order valence-electron chi connectivity index (χ3n) is 3.07. The van der Waals surface area contributed by atoms with E-state index >= 15 is 0 Å². The molecule has 1 amide bonds. The van der Waals surface area contributed by atoms with Crippen molar-refractivity contribution in [3.8, 4) is 0 Å². The largest absolute Gasteiger partial charge is 0.459 e. The Morgan fingerprint density at radius 1 is 1.24 bits per heavy atom. The van der Waals surface area contributed by atoms with Crippen molar-refractivity contribution in [3.05, 3.63) is 70.6 Å². The van der Waals surface area contributed by atoms with Gasteiger partial charge in [0.05, 0.1) is 12.0 Å². The summed E-state index contributed by atoms with van der Waals surface area (Å²) in [7, 11) is 0. The van der Waals surface area contributed by atoms with Crippen molar-refractivity contribution >= 4 is 22.4 Å². The van der Waals surface area contributed by atoms with Crippen LogP contribution in [0.25, 0.3) is 0 Å². The van der Waals surface area contributed by atoms with Crippen molar-refractivity contribution in [1.29, 1.82) is 0 Å². The molecule has 21 heavy (non-hydrogen) atoms. The Bertz CT molecular complexity index is 733. The number of aromatic nitrogens is 1. The van der Waals surface area contributed by atoms with Crippen molar-refractivity contribution in [3.63, 3.8) is 0 Å². The number of carbonyl (C=O) groups is 1. The average molecular weight is 298 g/mol. The summed E-state index contributed by atoms with van der Waals surface area (Å²) in [4.78, 5) is 17.5. The molecule has 0 aliphatic carbocycles. The summed E-state index contributed by atoms with van der Waals surface area (Å²) < 4.78 is 5.07. The Kier molecular flexibility index (Phi) is 3.83. The van der Waals surface area contributed by atoms with E-state index in [1.807, 2.05) is 25.1 Å². The number of nitrogens with one attached hydrogen (secondary N) is 1. The van der Waals surface area contributed by atoms with E-state index in [1.165, 1.54) is 23.2 Å². The summed E-state index contributed by atoms with van der Waals surface area (Å²) in [6, 6.07) is 13.5. The summed E-state index contributed by atoms with van der Waals surface area (Å²) in [5.41, 5.74) is 2.17. The van der Waals surface area contributed by atoms with Gasteiger partial charge in [-0.15, -0.1) is 11.3 Å². The molecule has 4 nitrogen and oxygen atoms in total. The predicted octanol–water partition coefficient (Wildman–Crippen LogP) is 3.89. The lowest BCUT2D eigenvalue weighted by Crippen LogP contribution is -2.10. The summed E-state index contributed by atoms with van der Waals surface area (Å²) in [6.07, 6.45) is 2.30. The molecular weight excluding hydrogens is 284 g/mol. The number of benzene rings is 1. The van der Waals surface area contributed by atoms with Crippen LogP contribution in [0.2, 0.25) is 0 Å². The number of carbonyl (C=O) groups excluding carboxylic acids is 1. The van der Waals surface area contributed by atoms with Gasteiger partial charge in [-0.3, -0.25) is 10.1 Å². The molecule has 3 aromatic rings. The van der Waals surface area contributed by atoms with Gasteiger partial charge >= 0.3 is 0 Å². The number of amides is 1. The third-order valence-corrected chi connectivity index (χ3v) is 4.14. The second kappa shape index (κ2) is 5.93. The Morgan fingerprint density at radius 3 is 2.76 bits per heavy atom. The topological polar surface area (TPSA) is 55.1 Å². The van der Waals surface area contributed by atoms with Crippen LogP contribution in [0.3, 0.4) is 0 Å². The number of hydrogen-bond donors (Lipinski definition) is 1. The van der Waals surface area contributed by atoms with Crippen molar-refractivity contribution < 1.29 is 9.21 Å². The summed E-state index contributed by atoms with van der Waals surface area (Å²) >= 11 is 1.50. The van der Waals surface area contributed by atoms with Crippen LogP contribution in [0.4, 0.5) is 5.13 Å². The zero-order valence-corrected chi connectivity index (χ0v) is 12.3. The van der Waals surface area contributed by atoms with Gasteiger partial charge in [0.15, 0.2) is 10.9 Å². The number of thiazole rings is 1. The zero-order chi connectivity index (χ0) is 14.7. The maximum Gasteiger partial charge on any atom is 0.293 e. The van der Waals surface area contributed by atoms with E-state index in [9.17, 15) is 4.79 Å². The number of anilines is 1. The predicted molar refractivity (Wildman–Crippen MR) is 82.8 cm³/mol. The van der Waals surface area contributed by atoms with E-state index in [1.54, 1.807) is 12.1 Å². The number of rotatable bonds is 4. The molecular formula is C16H14N2O2S. The fourth-order valence-corrected chi connectivity index (χ4v) is 2.99. The van der Waals surface area contributed by atoms with Gasteiger partial charge in [0.2, 0.25) is 0 Å². The first kappa shape index (κ1) is 13.6. The molecule has 0 spiro atoms. The summed E-state index contributed by atoms with van der Waals surface area (Å²) in [5, 5.41) is 3.36. The van der Waals surface area contributed by atoms with Crippen LogP contribution in [0, 0.1) is 6.92 Å². The Hall–Kier alpha value is -2.40. The van der Waals surface area contributed by atoms with E-state index in [4.69, 9.17) is 4.42 Å². The van der Waals surface area contributed by atoms with Crippen molar-refractivity contribution in [2.45, 2.75) is 13.3 Å². The molecule has 0 saturated heterocycles. The van der Waals surface area contributed by atoms with Gasteiger partial charge in [0.25, 0.3) is 5.91 Å². The number of aryl methyl sites for hydroxylation is 1. The van der Waals surface area contributed by atoms with E-state index in [0.29, 0.717) is 5.13 Å². The van der Waals surface area contributed by atoms with E-state index in [2.05, 4.69) is 22.4 Å². The lowest BCUT2D eigenvalue weighted by Gasteiger charge is -1.98. The Balaban J connectivity index is 1.74. The fraction of sp³-hybridized carbons (Fsp3) is 0.125. The number of hydrogen-bond acceptors (Lipinski definition) is 4. The van der Waals surface area contributed by atoms with Crippen LogP contribution in [-0.4, -0.2) is 10.9 Å². The van der Waals surface area contributed by atoms with Gasteiger partial charge in [0, 0.05) is 11.3 Å². The van der Waals surface area contributed by atoms with E-state index in [0.717, 1.165) is 17.0 Å². The molecule has 0 radical (unpaired) electrons. The lowest BCUT2D eigenvalue weighted by molar-refractivity contribution is 0.0996. The van der Waals surface area contributed by atoms with Crippen molar-refractivity contribution in [1.82, 2.24) is 4.98 Å². The van der Waals surface area contributed by atoms with Gasteiger partial charge in [-0.2, -0.15) is 0 Å². The molecule has 1 N–H and O–H groups in total. The molecule has 0 atom stereocenters. The van der Waals surface area contributed by atoms with Crippen LogP contribution in [-0.2, 0) is 6.42 Å². The van der Waals surface area contributed by atoms with Crippen LogP contribution in [0.15, 0.2) is 53.1 Å². The molecule has 0 fully saturated rings. The zero-order valence-electron chi connectivity index (χ0n) is 11.5. The van der Waals surface area contributed by atoms with Crippen LogP contribution in [0.5, 0.6) is 0 Å². The molecule has 1 aromatic carbocycles. The molecule has 106 valence electrons. The molecule has 2 aromatic heterocycles. The van der Waals surface area contributed by atoms with Crippen molar-refractivity contribution in [2.75, 3.05) is 5.32 Å². The molecule has 0 bridgehead atoms. The minimum Gasteiger partial charge on any atom is -0.459 e. The maximum absolute atomic E-state index is 11.9. The molecule has 5 heteroatoms. The lowest BCUT2D eigenvalue weighted by atomic mass is 10.1. The van der Waals surface area contributed by atoms with E-state index < -0.39 is 0 Å². The van der Waals surface area contributed by atoms with Crippen LogP contribution in [0.1, 0.15) is 26.7 Å². The Labute approximate surface area is 126 Å². The highest BCUT2D eigenvalue weighted by molar-refractivity contribution is 7.15. The van der Waals surface area contributed by atoms with Gasteiger partial charge in [0.1, 0.15) is 0 Å². The first-order valence-electron chi connectivity index (χ1n) is 6.57. The van der Waals surface area contributed by atoms with Crippen molar-refractivity contribution in [2.24, 2.45) is 0 Å². The number of furan rings is 1. The molecule has 0 aliphatic rings. The second-order valence-electron chi connectivity index (χ2n) is 4.62. The highest BCUT2D eigenvalue weighted by Gasteiger charge is 2.13. The first-order valence-corrected chi connectivity index (χ1v) is 7.39. The summed E-state index contributed by atoms with van der Waals surface area (Å²) in [5.74, 6) is 0.00692. The highest BCUT2D eigenvalue weighted by atomic mass is 32.1. The molecule has 0 aliphatic heterocycles. The monoisotopic (exact) mass is 298 g/mol. The van der Waals surface area contributed by atoms with Gasteiger partial charge in [-0.1, -0.05) is 30.3 Å². The minimum atomic E-state index is -0.278. The minimum absolute atomic E-state index is 0.278. The molecule has 0 saturated carbocycles. The quantitative estimate of drug-likeness (QED) is 0.795. The molecule has 3 rings (SSSR count). The SMILES string of the molecule is Cc1nc(NC(=O)c2ccco2)sc1Cc1ccccc1. The summed E-state index contributed by atoms with van der Waals surface area (Å²) in [6.45, 7) is 1.96. The molecule has 0 unspecified atom stereocenters. The van der Waals surface area contributed by atoms with E-state index in [-0.39, 0.29) is 11.7 Å². The molecule has 2 heterocycles. The standard InChI is InChI=1S/C16H14N2O2S/c1-11-14(10-12-6-3-2-4-7-12)21-16(17-11)18-15(19)13-8-5-9-20-13/h2-9H,10H2,1H3,(H,17,18,19). The maximum atomic E-state index is 11.9. The van der Waals surface area contributed by atoms with Crippen LogP contribution < -0.4 is 5.32 Å². The van der Waals surface area contributed by atoms with Gasteiger partial charge in [-0.25, -0.2) is 4.98 Å². The normalized spacial score (nSPS) is 10.5. The number of nitrogens with zero attached hydrogens (tertiary/aromatic N) is 1. The van der Waals surface area contributed by atoms with Gasteiger partial charge < -0.3 is 4.42 Å². The fourth-order valence-electron chi connectivity index (χ4n) is 1.99. The van der Waals surface area contributed by atoms with Gasteiger partial charge in [-0.05, 0) is 24.6 Å². The van der Waals surface area contributed by atoms with Crippen LogP contribution >= 0.6 is 11.3 Å². The second-order valence-corrected chi connectivity index (χ2v) is 5.71. The highest BCUT2D eigenvalue weighted by Crippen LogP contribution is 2.25.